The van der Waals surface area contributed by atoms with Gasteiger partial charge < -0.3 is 20.5 Å². The normalized spacial score (nSPS) is 12.4. The van der Waals surface area contributed by atoms with Crippen LogP contribution >= 0.6 is 0 Å². The fraction of sp³-hybridized carbons (Fsp3) is 0.250. The van der Waals surface area contributed by atoms with Crippen LogP contribution in [0.4, 0.5) is 4.79 Å². The molecule has 0 fully saturated rings. The number of hydrogen-bond donors (Lipinski definition) is 3. The molecule has 3 aromatic carbocycles. The first-order valence-corrected chi connectivity index (χ1v) is 11.5. The van der Waals surface area contributed by atoms with E-state index in [1.54, 1.807) is 12.1 Å². The molecule has 0 bridgehead atoms. The van der Waals surface area contributed by atoms with Crippen LogP contribution in [-0.2, 0) is 27.3 Å². The Bertz CT molecular complexity index is 1220. The van der Waals surface area contributed by atoms with Crippen LogP contribution < -0.4 is 10.6 Å². The van der Waals surface area contributed by atoms with Crippen molar-refractivity contribution in [3.8, 4) is 11.1 Å². The third kappa shape index (κ3) is 5.35. The number of hydrogen-bond acceptors (Lipinski definition) is 4. The molecular weight excluding hydrogens is 444 g/mol. The number of nitrogens with one attached hydrogen (secondary N) is 2. The van der Waals surface area contributed by atoms with Crippen LogP contribution in [0.15, 0.2) is 72.8 Å². The third-order valence-electron chi connectivity index (χ3n) is 6.22. The van der Waals surface area contributed by atoms with Crippen molar-refractivity contribution in [3.63, 3.8) is 0 Å². The molecule has 4 rings (SSSR count). The molecule has 0 unspecified atom stereocenters. The van der Waals surface area contributed by atoms with Gasteiger partial charge in [0.15, 0.2) is 0 Å². The number of amides is 2. The summed E-state index contributed by atoms with van der Waals surface area (Å²) in [5, 5.41) is 14.5. The molecule has 7 nitrogen and oxygen atoms in total. The Kier molecular flexibility index (Phi) is 6.87. The van der Waals surface area contributed by atoms with Crippen molar-refractivity contribution in [3.05, 3.63) is 95.1 Å². The molecule has 180 valence electrons. The number of carboxylic acid groups (broad SMARTS) is 1. The van der Waals surface area contributed by atoms with Gasteiger partial charge in [-0.15, -0.1) is 0 Å². The SMILES string of the molecule is CC(C)(NC(=O)Cc1ccccc1CNC(=O)OCC1c2ccccc2-c2ccccc21)C(=O)O. The predicted molar refractivity (Wildman–Crippen MR) is 132 cm³/mol. The summed E-state index contributed by atoms with van der Waals surface area (Å²) in [7, 11) is 0. The second-order valence-corrected chi connectivity index (χ2v) is 9.10. The van der Waals surface area contributed by atoms with Crippen LogP contribution in [0, 0.1) is 0 Å². The van der Waals surface area contributed by atoms with E-state index in [1.165, 1.54) is 13.8 Å². The van der Waals surface area contributed by atoms with E-state index in [4.69, 9.17) is 4.74 Å². The first-order valence-electron chi connectivity index (χ1n) is 11.5. The lowest BCUT2D eigenvalue weighted by Crippen LogP contribution is -2.50. The van der Waals surface area contributed by atoms with E-state index < -0.39 is 23.5 Å². The molecule has 1 aliphatic carbocycles. The molecule has 0 aliphatic heterocycles. The zero-order chi connectivity index (χ0) is 25.0. The van der Waals surface area contributed by atoms with Crippen molar-refractivity contribution < 1.29 is 24.2 Å². The zero-order valence-corrected chi connectivity index (χ0v) is 19.7. The van der Waals surface area contributed by atoms with E-state index in [9.17, 15) is 19.5 Å². The summed E-state index contributed by atoms with van der Waals surface area (Å²) in [6, 6.07) is 23.5. The van der Waals surface area contributed by atoms with Crippen molar-refractivity contribution in [2.24, 2.45) is 0 Å². The van der Waals surface area contributed by atoms with Crippen LogP contribution in [-0.4, -0.2) is 35.2 Å². The van der Waals surface area contributed by atoms with Crippen LogP contribution in [0.25, 0.3) is 11.1 Å². The summed E-state index contributed by atoms with van der Waals surface area (Å²) in [5.74, 6) is -1.55. The number of fused-ring (bicyclic) bond motifs is 3. The molecule has 0 heterocycles. The Balaban J connectivity index is 1.36. The van der Waals surface area contributed by atoms with E-state index in [-0.39, 0.29) is 25.5 Å². The number of carboxylic acids is 1. The number of rotatable bonds is 8. The van der Waals surface area contributed by atoms with Gasteiger partial charge in [0.2, 0.25) is 5.91 Å². The van der Waals surface area contributed by atoms with Gasteiger partial charge in [-0.2, -0.15) is 0 Å². The van der Waals surface area contributed by atoms with Crippen molar-refractivity contribution in [2.75, 3.05) is 6.61 Å². The van der Waals surface area contributed by atoms with Crippen molar-refractivity contribution >= 4 is 18.0 Å². The minimum atomic E-state index is -1.37. The molecule has 0 spiro atoms. The summed E-state index contributed by atoms with van der Waals surface area (Å²) < 4.78 is 5.58. The Morgan fingerprint density at radius 2 is 1.40 bits per heavy atom. The Morgan fingerprint density at radius 1 is 0.857 bits per heavy atom. The van der Waals surface area contributed by atoms with Gasteiger partial charge in [-0.25, -0.2) is 9.59 Å². The van der Waals surface area contributed by atoms with E-state index in [2.05, 4.69) is 34.9 Å². The highest BCUT2D eigenvalue weighted by Gasteiger charge is 2.30. The lowest BCUT2D eigenvalue weighted by molar-refractivity contribution is -0.145. The van der Waals surface area contributed by atoms with Gasteiger partial charge in [0.1, 0.15) is 12.1 Å². The second-order valence-electron chi connectivity index (χ2n) is 9.10. The highest BCUT2D eigenvalue weighted by molar-refractivity contribution is 5.87. The number of aliphatic carboxylic acids is 1. The first kappa shape index (κ1) is 24.0. The fourth-order valence-corrected chi connectivity index (χ4v) is 4.34. The molecule has 7 heteroatoms. The summed E-state index contributed by atoms with van der Waals surface area (Å²) in [6.45, 7) is 3.26. The van der Waals surface area contributed by atoms with Gasteiger partial charge in [0.25, 0.3) is 0 Å². The molecule has 2 amide bonds. The van der Waals surface area contributed by atoms with Gasteiger partial charge in [0.05, 0.1) is 6.42 Å². The van der Waals surface area contributed by atoms with Crippen molar-refractivity contribution in [1.82, 2.24) is 10.6 Å². The molecule has 3 N–H and O–H groups in total. The molecule has 3 aromatic rings. The third-order valence-corrected chi connectivity index (χ3v) is 6.22. The van der Waals surface area contributed by atoms with Crippen molar-refractivity contribution in [2.45, 2.75) is 38.3 Å². The van der Waals surface area contributed by atoms with Crippen molar-refractivity contribution in [1.29, 1.82) is 0 Å². The molecule has 0 radical (unpaired) electrons. The Labute approximate surface area is 204 Å². The average molecular weight is 473 g/mol. The molecule has 35 heavy (non-hydrogen) atoms. The molecule has 0 aromatic heterocycles. The van der Waals surface area contributed by atoms with Crippen LogP contribution in [0.2, 0.25) is 0 Å². The standard InChI is InChI=1S/C28H28N2O5/c1-28(2,26(32)33)30-25(31)15-18-9-3-4-10-19(18)16-29-27(34)35-17-24-22-13-7-5-11-20(22)21-12-6-8-14-23(21)24/h3-14,24H,15-17H2,1-2H3,(H,29,34)(H,30,31)(H,32,33). The summed E-state index contributed by atoms with van der Waals surface area (Å²) >= 11 is 0. The predicted octanol–water partition coefficient (Wildman–Crippen LogP) is 4.25. The van der Waals surface area contributed by atoms with Crippen LogP contribution in [0.3, 0.4) is 0 Å². The highest BCUT2D eigenvalue weighted by Crippen LogP contribution is 2.44. The molecule has 1 aliphatic rings. The van der Waals surface area contributed by atoms with Gasteiger partial charge >= 0.3 is 12.1 Å². The minimum Gasteiger partial charge on any atom is -0.480 e. The summed E-state index contributed by atoms with van der Waals surface area (Å²) in [6.07, 6.45) is -0.544. The molecule has 0 atom stereocenters. The largest absolute Gasteiger partial charge is 0.480 e. The molecular formula is C28H28N2O5. The van der Waals surface area contributed by atoms with Gasteiger partial charge in [-0.1, -0.05) is 72.8 Å². The van der Waals surface area contributed by atoms with E-state index in [0.29, 0.717) is 5.56 Å². The second kappa shape index (κ2) is 10.0. The quantitative estimate of drug-likeness (QED) is 0.455. The lowest BCUT2D eigenvalue weighted by atomic mass is 9.98. The van der Waals surface area contributed by atoms with Crippen LogP contribution in [0.5, 0.6) is 0 Å². The van der Waals surface area contributed by atoms with E-state index in [0.717, 1.165) is 27.8 Å². The maximum absolute atomic E-state index is 12.5. The van der Waals surface area contributed by atoms with Crippen LogP contribution in [0.1, 0.15) is 42.0 Å². The Hall–Kier alpha value is -4.13. The number of alkyl carbamates (subject to hydrolysis) is 1. The zero-order valence-electron chi connectivity index (χ0n) is 19.7. The fourth-order valence-electron chi connectivity index (χ4n) is 4.34. The molecule has 0 saturated heterocycles. The van der Waals surface area contributed by atoms with E-state index >= 15 is 0 Å². The maximum atomic E-state index is 12.5. The number of carbonyl (C=O) groups is 3. The monoisotopic (exact) mass is 472 g/mol. The number of ether oxygens (including phenoxy) is 1. The minimum absolute atomic E-state index is 0.000741. The topological polar surface area (TPSA) is 105 Å². The van der Waals surface area contributed by atoms with Gasteiger partial charge in [-0.3, -0.25) is 4.79 Å². The highest BCUT2D eigenvalue weighted by atomic mass is 16.5. The number of benzene rings is 3. The smallest absolute Gasteiger partial charge is 0.407 e. The molecule has 0 saturated carbocycles. The Morgan fingerprint density at radius 3 is 2.00 bits per heavy atom. The average Bonchev–Trinajstić information content (AvgIpc) is 3.15. The number of carbonyl (C=O) groups excluding carboxylic acids is 2. The first-order chi connectivity index (χ1) is 16.8. The maximum Gasteiger partial charge on any atom is 0.407 e. The van der Waals surface area contributed by atoms with E-state index in [1.807, 2.05) is 36.4 Å². The summed E-state index contributed by atoms with van der Waals surface area (Å²) in [4.78, 5) is 36.2. The summed E-state index contributed by atoms with van der Waals surface area (Å²) in [5.41, 5.74) is 4.69. The van der Waals surface area contributed by atoms with Gasteiger partial charge in [0, 0.05) is 12.5 Å². The lowest BCUT2D eigenvalue weighted by Gasteiger charge is -2.21. The van der Waals surface area contributed by atoms with Gasteiger partial charge in [-0.05, 0) is 47.2 Å².